The number of carbonyl (C=O) groups is 1. The van der Waals surface area contributed by atoms with Crippen molar-refractivity contribution in [1.29, 1.82) is 0 Å². The normalized spacial score (nSPS) is 14.9. The Morgan fingerprint density at radius 3 is 2.03 bits per heavy atom. The Balaban J connectivity index is 0.000000257. The Kier molecular flexibility index (Phi) is 10.5. The number of rotatable bonds is 8. The van der Waals surface area contributed by atoms with Crippen molar-refractivity contribution in [3.05, 3.63) is 71.8 Å². The number of carbonyl (C=O) groups excluding carboxylic acids is 1. The molecule has 1 atom stereocenters. The molecule has 34 heavy (non-hydrogen) atoms. The fourth-order valence-electron chi connectivity index (χ4n) is 4.04. The van der Waals surface area contributed by atoms with Gasteiger partial charge in [0.1, 0.15) is 0 Å². The van der Waals surface area contributed by atoms with Crippen LogP contribution in [0.1, 0.15) is 55.6 Å². The predicted molar refractivity (Wildman–Crippen MR) is 143 cm³/mol. The third kappa shape index (κ3) is 8.71. The molecule has 1 aliphatic rings. The van der Waals surface area contributed by atoms with Gasteiger partial charge in [-0.15, -0.1) is 0 Å². The maximum atomic E-state index is 12.4. The molecule has 0 amide bonds. The summed E-state index contributed by atoms with van der Waals surface area (Å²) in [6.07, 6.45) is 1.51. The Labute approximate surface area is 206 Å². The average molecular weight is 467 g/mol. The van der Waals surface area contributed by atoms with Crippen LogP contribution in [0, 0.1) is 0 Å². The summed E-state index contributed by atoms with van der Waals surface area (Å²) >= 11 is 0. The lowest BCUT2D eigenvalue weighted by Gasteiger charge is -2.29. The van der Waals surface area contributed by atoms with Crippen molar-refractivity contribution in [2.24, 2.45) is 0 Å². The van der Waals surface area contributed by atoms with E-state index in [4.69, 9.17) is 4.74 Å². The monoisotopic (exact) mass is 466 g/mol. The summed E-state index contributed by atoms with van der Waals surface area (Å²) in [5.74, 6) is 0.200. The van der Waals surface area contributed by atoms with Crippen molar-refractivity contribution in [2.75, 3.05) is 45.3 Å². The zero-order valence-corrected chi connectivity index (χ0v) is 21.8. The predicted octanol–water partition coefficient (Wildman–Crippen LogP) is 5.08. The van der Waals surface area contributed by atoms with Crippen LogP contribution in [0.3, 0.4) is 0 Å². The smallest absolute Gasteiger partial charge is 0.179 e. The third-order valence-corrected chi connectivity index (χ3v) is 5.92. The second-order valence-corrected chi connectivity index (χ2v) is 9.86. The van der Waals surface area contributed by atoms with E-state index in [1.165, 1.54) is 5.69 Å². The Bertz CT molecular complexity index is 906. The summed E-state index contributed by atoms with van der Waals surface area (Å²) in [5, 5.41) is 9.63. The largest absolute Gasteiger partial charge is 0.390 e. The van der Waals surface area contributed by atoms with Crippen LogP contribution < -0.4 is 4.90 Å². The fourth-order valence-corrected chi connectivity index (χ4v) is 4.04. The van der Waals surface area contributed by atoms with E-state index >= 15 is 0 Å². The van der Waals surface area contributed by atoms with Crippen molar-refractivity contribution >= 4 is 17.0 Å². The Morgan fingerprint density at radius 1 is 1.06 bits per heavy atom. The summed E-state index contributed by atoms with van der Waals surface area (Å²) < 4.78 is 5.35. The van der Waals surface area contributed by atoms with Gasteiger partial charge in [0.25, 0.3) is 0 Å². The van der Waals surface area contributed by atoms with Crippen LogP contribution in [-0.4, -0.2) is 67.8 Å². The quantitative estimate of drug-likeness (QED) is 0.550. The number of allylic oxidation sites excluding steroid dienone is 1. The van der Waals surface area contributed by atoms with Gasteiger partial charge >= 0.3 is 0 Å². The van der Waals surface area contributed by atoms with Gasteiger partial charge < -0.3 is 14.7 Å². The van der Waals surface area contributed by atoms with Crippen LogP contribution in [0.15, 0.2) is 55.1 Å². The molecule has 1 N–H and O–H groups in total. The van der Waals surface area contributed by atoms with Crippen molar-refractivity contribution in [3.63, 3.8) is 0 Å². The molecule has 1 fully saturated rings. The first kappa shape index (κ1) is 27.8. The first-order valence-corrected chi connectivity index (χ1v) is 12.1. The Morgan fingerprint density at radius 2 is 1.59 bits per heavy atom. The molecule has 3 rings (SSSR count). The molecule has 2 aromatic carbocycles. The number of morpholine rings is 1. The van der Waals surface area contributed by atoms with Crippen LogP contribution >= 0.6 is 0 Å². The highest BCUT2D eigenvalue weighted by Gasteiger charge is 2.20. The van der Waals surface area contributed by atoms with Crippen molar-refractivity contribution < 1.29 is 14.6 Å². The molecule has 1 heterocycles. The van der Waals surface area contributed by atoms with Crippen LogP contribution in [-0.2, 0) is 11.2 Å². The van der Waals surface area contributed by atoms with Gasteiger partial charge in [0.05, 0.1) is 24.9 Å². The molecule has 0 aromatic heterocycles. The molecule has 2 aromatic rings. The van der Waals surface area contributed by atoms with Gasteiger partial charge in [-0.3, -0.25) is 9.69 Å². The second kappa shape index (κ2) is 12.8. The van der Waals surface area contributed by atoms with E-state index in [1.807, 2.05) is 95.2 Å². The fraction of sp³-hybridized carbons (Fsp3) is 0.483. The van der Waals surface area contributed by atoms with E-state index in [0.717, 1.165) is 55.0 Å². The van der Waals surface area contributed by atoms with Gasteiger partial charge in [-0.1, -0.05) is 43.3 Å². The lowest BCUT2D eigenvalue weighted by molar-refractivity contribution is 0.0809. The molecule has 0 radical (unpaired) electrons. The minimum absolute atomic E-state index is 0.0377. The average Bonchev–Trinajstić information content (AvgIpc) is 2.79. The highest BCUT2D eigenvalue weighted by molar-refractivity contribution is 6.00. The number of benzene rings is 2. The van der Waals surface area contributed by atoms with Gasteiger partial charge in [0.2, 0.25) is 0 Å². The molecule has 5 heteroatoms. The second-order valence-electron chi connectivity index (χ2n) is 9.86. The molecule has 1 saturated heterocycles. The van der Waals surface area contributed by atoms with Crippen LogP contribution in [0.4, 0.5) is 5.69 Å². The maximum absolute atomic E-state index is 12.4. The number of aliphatic hydroxyl groups is 1. The lowest BCUT2D eigenvalue weighted by Crippen LogP contribution is -2.36. The summed E-state index contributed by atoms with van der Waals surface area (Å²) in [6, 6.07) is 16.1. The summed E-state index contributed by atoms with van der Waals surface area (Å²) in [4.78, 5) is 16.7. The number of ether oxygens (including phenoxy) is 1. The standard InChI is InChI=1S/C16H24N2O2.C13H18O/c1-4-15(17(2)3)16(19)13-5-7-14(8-6-13)18-9-11-20-12-10-18;1-10(2)12-7-5-11(6-8-12)9-13(3,4)14/h5-8,15H,4,9-12H2,1-3H3;5-8,14H,1,9H2,2-4H3. The van der Waals surface area contributed by atoms with Gasteiger partial charge in [0, 0.05) is 30.8 Å². The molecule has 0 bridgehead atoms. The number of anilines is 1. The van der Waals surface area contributed by atoms with Gasteiger partial charge in [0.15, 0.2) is 5.78 Å². The number of nitrogens with zero attached hydrogens (tertiary/aromatic N) is 2. The molecule has 5 nitrogen and oxygen atoms in total. The maximum Gasteiger partial charge on any atom is 0.179 e. The number of hydrogen-bond acceptors (Lipinski definition) is 5. The summed E-state index contributed by atoms with van der Waals surface area (Å²) in [6.45, 7) is 14.9. The molecular weight excluding hydrogens is 424 g/mol. The molecule has 0 spiro atoms. The first-order valence-electron chi connectivity index (χ1n) is 12.1. The zero-order chi connectivity index (χ0) is 25.3. The van der Waals surface area contributed by atoms with E-state index in [2.05, 4.69) is 11.5 Å². The molecule has 1 unspecified atom stereocenters. The van der Waals surface area contributed by atoms with E-state index in [9.17, 15) is 9.90 Å². The van der Waals surface area contributed by atoms with Gasteiger partial charge in [-0.2, -0.15) is 0 Å². The van der Waals surface area contributed by atoms with Gasteiger partial charge in [-0.05, 0) is 76.7 Å². The van der Waals surface area contributed by atoms with Gasteiger partial charge in [-0.25, -0.2) is 0 Å². The summed E-state index contributed by atoms with van der Waals surface area (Å²) in [5.41, 5.74) is 4.71. The van der Waals surface area contributed by atoms with Crippen LogP contribution in [0.2, 0.25) is 0 Å². The highest BCUT2D eigenvalue weighted by atomic mass is 16.5. The Hall–Kier alpha value is -2.47. The van der Waals surface area contributed by atoms with E-state index < -0.39 is 5.60 Å². The lowest BCUT2D eigenvalue weighted by atomic mass is 9.97. The van der Waals surface area contributed by atoms with Crippen molar-refractivity contribution in [1.82, 2.24) is 4.90 Å². The number of ketones is 1. The minimum atomic E-state index is -0.634. The molecule has 1 aliphatic heterocycles. The SMILES string of the molecule is C=C(C)c1ccc(CC(C)(C)O)cc1.CCC(C(=O)c1ccc(N2CCOCC2)cc1)N(C)C. The van der Waals surface area contributed by atoms with Crippen molar-refractivity contribution in [3.8, 4) is 0 Å². The number of likely N-dealkylation sites (N-methyl/N-ethyl adjacent to an activating group) is 1. The number of hydrogen-bond donors (Lipinski definition) is 1. The highest BCUT2D eigenvalue weighted by Crippen LogP contribution is 2.19. The van der Waals surface area contributed by atoms with Crippen LogP contribution in [0.5, 0.6) is 0 Å². The summed E-state index contributed by atoms with van der Waals surface area (Å²) in [7, 11) is 3.91. The molecule has 0 saturated carbocycles. The molecular formula is C29H42N2O3. The minimum Gasteiger partial charge on any atom is -0.390 e. The first-order chi connectivity index (χ1) is 16.0. The van der Waals surface area contributed by atoms with Crippen molar-refractivity contribution in [2.45, 2.75) is 52.2 Å². The topological polar surface area (TPSA) is 53.0 Å². The van der Waals surface area contributed by atoms with E-state index in [0.29, 0.717) is 6.42 Å². The van der Waals surface area contributed by atoms with E-state index in [-0.39, 0.29) is 11.8 Å². The zero-order valence-electron chi connectivity index (χ0n) is 21.8. The molecule has 186 valence electrons. The van der Waals surface area contributed by atoms with Crippen LogP contribution in [0.25, 0.3) is 5.57 Å². The van der Waals surface area contributed by atoms with E-state index in [1.54, 1.807) is 0 Å². The number of Topliss-reactive ketones (excluding diaryl/α,β-unsaturated/α-hetero) is 1. The third-order valence-electron chi connectivity index (χ3n) is 5.92. The molecule has 0 aliphatic carbocycles.